The molecule has 2 aromatic rings. The Morgan fingerprint density at radius 3 is 2.50 bits per heavy atom. The van der Waals surface area contributed by atoms with Crippen LogP contribution in [-0.2, 0) is 17.8 Å². The molecule has 1 aromatic carbocycles. The smallest absolute Gasteiger partial charge is 0.221 e. The summed E-state index contributed by atoms with van der Waals surface area (Å²) in [6, 6.07) is 7.48. The SMILES string of the molecule is CCCCc1nc(-c2ccc(NC(C)=O)cc2)n(CC(C)(C)O)n1. The molecule has 1 heterocycles. The van der Waals surface area contributed by atoms with Gasteiger partial charge in [-0.2, -0.15) is 5.10 Å². The zero-order valence-corrected chi connectivity index (χ0v) is 14.8. The highest BCUT2D eigenvalue weighted by Gasteiger charge is 2.19. The minimum Gasteiger partial charge on any atom is -0.389 e. The van der Waals surface area contributed by atoms with E-state index < -0.39 is 5.60 Å². The molecular weight excluding hydrogens is 304 g/mol. The van der Waals surface area contributed by atoms with E-state index in [4.69, 9.17) is 0 Å². The van der Waals surface area contributed by atoms with Crippen molar-refractivity contribution in [2.75, 3.05) is 5.32 Å². The Labute approximate surface area is 142 Å². The molecule has 0 aliphatic heterocycles. The van der Waals surface area contributed by atoms with E-state index in [1.807, 2.05) is 24.3 Å². The molecule has 6 heteroatoms. The van der Waals surface area contributed by atoms with Crippen molar-refractivity contribution in [2.24, 2.45) is 0 Å². The Hall–Kier alpha value is -2.21. The fourth-order valence-electron chi connectivity index (χ4n) is 2.43. The number of benzene rings is 1. The number of nitrogens with one attached hydrogen (secondary N) is 1. The number of carbonyl (C=O) groups excluding carboxylic acids is 1. The number of hydrogen-bond donors (Lipinski definition) is 2. The fraction of sp³-hybridized carbons (Fsp3) is 0.500. The summed E-state index contributed by atoms with van der Waals surface area (Å²) in [5.74, 6) is 1.43. The minimum absolute atomic E-state index is 0.102. The largest absolute Gasteiger partial charge is 0.389 e. The number of aromatic nitrogens is 3. The minimum atomic E-state index is -0.874. The zero-order chi connectivity index (χ0) is 17.7. The average molecular weight is 330 g/mol. The summed E-state index contributed by atoms with van der Waals surface area (Å²) in [5, 5.41) is 17.4. The van der Waals surface area contributed by atoms with Gasteiger partial charge in [-0.25, -0.2) is 9.67 Å². The maximum Gasteiger partial charge on any atom is 0.221 e. The van der Waals surface area contributed by atoms with Gasteiger partial charge in [0.05, 0.1) is 12.1 Å². The van der Waals surface area contributed by atoms with Crippen LogP contribution >= 0.6 is 0 Å². The number of nitrogens with zero attached hydrogens (tertiary/aromatic N) is 3. The molecule has 24 heavy (non-hydrogen) atoms. The molecular formula is C18H26N4O2. The molecule has 6 nitrogen and oxygen atoms in total. The van der Waals surface area contributed by atoms with Gasteiger partial charge >= 0.3 is 0 Å². The normalized spacial score (nSPS) is 11.5. The van der Waals surface area contributed by atoms with Crippen LogP contribution in [0.15, 0.2) is 24.3 Å². The van der Waals surface area contributed by atoms with E-state index >= 15 is 0 Å². The van der Waals surface area contributed by atoms with Crippen LogP contribution < -0.4 is 5.32 Å². The third-order valence-corrected chi connectivity index (χ3v) is 3.47. The Morgan fingerprint density at radius 2 is 1.96 bits per heavy atom. The molecule has 0 saturated carbocycles. The first-order valence-electron chi connectivity index (χ1n) is 8.32. The lowest BCUT2D eigenvalue weighted by molar-refractivity contribution is -0.114. The number of carbonyl (C=O) groups is 1. The van der Waals surface area contributed by atoms with E-state index in [1.54, 1.807) is 18.5 Å². The van der Waals surface area contributed by atoms with Crippen molar-refractivity contribution in [1.29, 1.82) is 0 Å². The molecule has 0 atom stereocenters. The van der Waals surface area contributed by atoms with E-state index in [0.29, 0.717) is 6.54 Å². The number of unbranched alkanes of at least 4 members (excludes halogenated alkanes) is 1. The van der Waals surface area contributed by atoms with Gasteiger partial charge in [-0.05, 0) is 44.5 Å². The number of rotatable bonds is 7. The van der Waals surface area contributed by atoms with Gasteiger partial charge in [0.15, 0.2) is 11.6 Å². The van der Waals surface area contributed by atoms with Crippen LogP contribution in [0.1, 0.15) is 46.4 Å². The van der Waals surface area contributed by atoms with Crippen molar-refractivity contribution in [2.45, 2.75) is 59.1 Å². The second kappa shape index (κ2) is 7.57. The molecule has 0 unspecified atom stereocenters. The van der Waals surface area contributed by atoms with Crippen LogP contribution in [0.5, 0.6) is 0 Å². The van der Waals surface area contributed by atoms with E-state index in [2.05, 4.69) is 22.3 Å². The average Bonchev–Trinajstić information content (AvgIpc) is 2.86. The Morgan fingerprint density at radius 1 is 1.29 bits per heavy atom. The van der Waals surface area contributed by atoms with E-state index in [1.165, 1.54) is 6.92 Å². The van der Waals surface area contributed by atoms with Crippen LogP contribution in [0.4, 0.5) is 5.69 Å². The predicted molar refractivity (Wildman–Crippen MR) is 94.7 cm³/mol. The second-order valence-corrected chi connectivity index (χ2v) is 6.68. The molecule has 1 amide bonds. The third kappa shape index (κ3) is 5.16. The molecule has 0 radical (unpaired) electrons. The van der Waals surface area contributed by atoms with Gasteiger partial charge < -0.3 is 10.4 Å². The summed E-state index contributed by atoms with van der Waals surface area (Å²) >= 11 is 0. The summed E-state index contributed by atoms with van der Waals surface area (Å²) in [7, 11) is 0. The standard InChI is InChI=1S/C18H26N4O2/c1-5-6-7-16-20-17(22(21-16)12-18(3,4)24)14-8-10-15(11-9-14)19-13(2)23/h8-11,24H,5-7,12H2,1-4H3,(H,19,23). The van der Waals surface area contributed by atoms with Gasteiger partial charge in [-0.1, -0.05) is 13.3 Å². The number of hydrogen-bond acceptors (Lipinski definition) is 4. The summed E-state index contributed by atoms with van der Waals surface area (Å²) in [5.41, 5.74) is 0.773. The Kier molecular flexibility index (Phi) is 5.72. The third-order valence-electron chi connectivity index (χ3n) is 3.47. The first-order chi connectivity index (χ1) is 11.3. The highest BCUT2D eigenvalue weighted by molar-refractivity contribution is 5.88. The van der Waals surface area contributed by atoms with Crippen LogP contribution in [0.25, 0.3) is 11.4 Å². The van der Waals surface area contributed by atoms with Crippen LogP contribution in [0, 0.1) is 0 Å². The van der Waals surface area contributed by atoms with Crippen LogP contribution in [0.3, 0.4) is 0 Å². The summed E-state index contributed by atoms with van der Waals surface area (Å²) < 4.78 is 1.76. The van der Waals surface area contributed by atoms with Gasteiger partial charge in [0.1, 0.15) is 0 Å². The number of amides is 1. The summed E-state index contributed by atoms with van der Waals surface area (Å²) in [6.07, 6.45) is 2.94. The maximum atomic E-state index is 11.1. The molecule has 2 rings (SSSR count). The molecule has 2 N–H and O–H groups in total. The summed E-state index contributed by atoms with van der Waals surface area (Å²) in [4.78, 5) is 15.8. The molecule has 1 aromatic heterocycles. The first-order valence-corrected chi connectivity index (χ1v) is 8.32. The first kappa shape index (κ1) is 18.1. The Balaban J connectivity index is 2.32. The van der Waals surface area contributed by atoms with Gasteiger partial charge in [0.25, 0.3) is 0 Å². The van der Waals surface area contributed by atoms with Crippen molar-refractivity contribution in [3.63, 3.8) is 0 Å². The Bertz CT molecular complexity index is 684. The van der Waals surface area contributed by atoms with Crippen LogP contribution in [0.2, 0.25) is 0 Å². The van der Waals surface area contributed by atoms with Gasteiger partial charge in [-0.3, -0.25) is 4.79 Å². The topological polar surface area (TPSA) is 80.0 Å². The molecule has 0 saturated heterocycles. The van der Waals surface area contributed by atoms with Gasteiger partial charge in [-0.15, -0.1) is 0 Å². The lowest BCUT2D eigenvalue weighted by atomic mass is 10.1. The molecule has 0 aliphatic rings. The zero-order valence-electron chi connectivity index (χ0n) is 14.8. The molecule has 0 bridgehead atoms. The predicted octanol–water partition coefficient (Wildman–Crippen LogP) is 3.02. The van der Waals surface area contributed by atoms with Crippen molar-refractivity contribution in [3.05, 3.63) is 30.1 Å². The lowest BCUT2D eigenvalue weighted by Gasteiger charge is -2.18. The number of anilines is 1. The van der Waals surface area contributed by atoms with Crippen molar-refractivity contribution < 1.29 is 9.90 Å². The summed E-state index contributed by atoms with van der Waals surface area (Å²) in [6.45, 7) is 7.49. The molecule has 0 aliphatic carbocycles. The number of aryl methyl sites for hydroxylation is 1. The fourth-order valence-corrected chi connectivity index (χ4v) is 2.43. The number of aliphatic hydroxyl groups is 1. The van der Waals surface area contributed by atoms with E-state index in [-0.39, 0.29) is 5.91 Å². The van der Waals surface area contributed by atoms with Crippen molar-refractivity contribution in [3.8, 4) is 11.4 Å². The van der Waals surface area contributed by atoms with Crippen molar-refractivity contribution in [1.82, 2.24) is 14.8 Å². The quantitative estimate of drug-likeness (QED) is 0.818. The second-order valence-electron chi connectivity index (χ2n) is 6.68. The van der Waals surface area contributed by atoms with E-state index in [9.17, 15) is 9.90 Å². The molecule has 0 spiro atoms. The highest BCUT2D eigenvalue weighted by Crippen LogP contribution is 2.22. The maximum absolute atomic E-state index is 11.1. The highest BCUT2D eigenvalue weighted by atomic mass is 16.3. The van der Waals surface area contributed by atoms with Crippen LogP contribution in [-0.4, -0.2) is 31.4 Å². The molecule has 0 fully saturated rings. The van der Waals surface area contributed by atoms with Gasteiger partial charge in [0, 0.05) is 24.6 Å². The monoisotopic (exact) mass is 330 g/mol. The van der Waals surface area contributed by atoms with Crippen molar-refractivity contribution >= 4 is 11.6 Å². The van der Waals surface area contributed by atoms with E-state index in [0.717, 1.165) is 42.2 Å². The lowest BCUT2D eigenvalue weighted by Crippen LogP contribution is -2.27. The molecule has 130 valence electrons. The van der Waals surface area contributed by atoms with Gasteiger partial charge in [0.2, 0.25) is 5.91 Å².